The maximum Gasteiger partial charge on any atom is 0.330 e. The van der Waals surface area contributed by atoms with Crippen molar-refractivity contribution in [1.82, 2.24) is 0 Å². The van der Waals surface area contributed by atoms with Crippen molar-refractivity contribution >= 4 is 5.97 Å². The largest absolute Gasteiger partial charge is 0.466 e. The smallest absolute Gasteiger partial charge is 0.330 e. The summed E-state index contributed by atoms with van der Waals surface area (Å²) in [6, 6.07) is 0. The van der Waals surface area contributed by atoms with Gasteiger partial charge in [0.05, 0.1) is 19.8 Å². The summed E-state index contributed by atoms with van der Waals surface area (Å²) in [4.78, 5) is 10.4. The molecule has 1 fully saturated rings. The van der Waals surface area contributed by atoms with E-state index in [1.165, 1.54) is 13.2 Å². The van der Waals surface area contributed by atoms with E-state index in [0.29, 0.717) is 0 Å². The van der Waals surface area contributed by atoms with Crippen LogP contribution in [0.4, 0.5) is 0 Å². The van der Waals surface area contributed by atoms with Gasteiger partial charge in [-0.3, -0.25) is 0 Å². The molecular formula is C6H8O3. The maximum atomic E-state index is 10.4. The highest BCUT2D eigenvalue weighted by molar-refractivity contribution is 5.81. The Kier molecular flexibility index (Phi) is 1.85. The highest BCUT2D eigenvalue weighted by Crippen LogP contribution is 2.09. The summed E-state index contributed by atoms with van der Waals surface area (Å²) < 4.78 is 9.16. The van der Waals surface area contributed by atoms with Gasteiger partial charge in [-0.05, 0) is 6.08 Å². The number of rotatable bonds is 2. The van der Waals surface area contributed by atoms with E-state index in [2.05, 4.69) is 4.74 Å². The van der Waals surface area contributed by atoms with Gasteiger partial charge >= 0.3 is 5.97 Å². The third-order valence-electron chi connectivity index (χ3n) is 1.01. The Labute approximate surface area is 53.3 Å². The van der Waals surface area contributed by atoms with Gasteiger partial charge in [0.2, 0.25) is 0 Å². The molecule has 1 aliphatic heterocycles. The summed E-state index contributed by atoms with van der Waals surface area (Å²) in [7, 11) is 1.35. The van der Waals surface area contributed by atoms with Gasteiger partial charge in [0.25, 0.3) is 0 Å². The number of hydrogen-bond acceptors (Lipinski definition) is 3. The Morgan fingerprint density at radius 2 is 2.56 bits per heavy atom. The highest BCUT2D eigenvalue weighted by atomic mass is 16.6. The van der Waals surface area contributed by atoms with Crippen molar-refractivity contribution in [2.75, 3.05) is 13.7 Å². The molecule has 0 spiro atoms. The molecule has 1 saturated heterocycles. The first-order valence-electron chi connectivity index (χ1n) is 2.70. The molecule has 0 N–H and O–H groups in total. The van der Waals surface area contributed by atoms with Crippen molar-refractivity contribution in [3.8, 4) is 0 Å². The number of esters is 1. The third kappa shape index (κ3) is 2.28. The molecule has 0 radical (unpaired) electrons. The molecule has 1 atom stereocenters. The zero-order chi connectivity index (χ0) is 6.69. The molecule has 3 heteroatoms. The SMILES string of the molecule is COC(=O)/C=C/[C@H]1CO1. The average molecular weight is 128 g/mol. The first-order valence-corrected chi connectivity index (χ1v) is 2.70. The molecule has 1 aliphatic rings. The molecule has 0 aliphatic carbocycles. The van der Waals surface area contributed by atoms with Crippen LogP contribution >= 0.6 is 0 Å². The highest BCUT2D eigenvalue weighted by Gasteiger charge is 2.18. The van der Waals surface area contributed by atoms with E-state index in [0.717, 1.165) is 6.61 Å². The summed E-state index contributed by atoms with van der Waals surface area (Å²) in [6.07, 6.45) is 3.22. The lowest BCUT2D eigenvalue weighted by molar-refractivity contribution is -0.134. The van der Waals surface area contributed by atoms with Crippen LogP contribution in [0.2, 0.25) is 0 Å². The van der Waals surface area contributed by atoms with Crippen LogP contribution in [-0.2, 0) is 14.3 Å². The van der Waals surface area contributed by atoms with Gasteiger partial charge in [-0.2, -0.15) is 0 Å². The van der Waals surface area contributed by atoms with Gasteiger partial charge in [0.1, 0.15) is 0 Å². The lowest BCUT2D eigenvalue weighted by Crippen LogP contribution is -1.94. The first-order chi connectivity index (χ1) is 4.33. The topological polar surface area (TPSA) is 38.8 Å². The Balaban J connectivity index is 2.20. The second-order valence-electron chi connectivity index (χ2n) is 1.75. The lowest BCUT2D eigenvalue weighted by atomic mass is 10.4. The van der Waals surface area contributed by atoms with Crippen LogP contribution < -0.4 is 0 Å². The van der Waals surface area contributed by atoms with Crippen molar-refractivity contribution < 1.29 is 14.3 Å². The first kappa shape index (κ1) is 6.29. The molecule has 1 rings (SSSR count). The van der Waals surface area contributed by atoms with Crippen LogP contribution in [0.15, 0.2) is 12.2 Å². The summed E-state index contributed by atoms with van der Waals surface area (Å²) in [5, 5.41) is 0. The van der Waals surface area contributed by atoms with Crippen molar-refractivity contribution in [1.29, 1.82) is 0 Å². The normalized spacial score (nSPS) is 24.3. The Hall–Kier alpha value is -0.830. The Morgan fingerprint density at radius 3 is 3.00 bits per heavy atom. The van der Waals surface area contributed by atoms with E-state index in [1.54, 1.807) is 6.08 Å². The maximum absolute atomic E-state index is 10.4. The van der Waals surface area contributed by atoms with E-state index < -0.39 is 0 Å². The van der Waals surface area contributed by atoms with Crippen LogP contribution in [0.25, 0.3) is 0 Å². The van der Waals surface area contributed by atoms with Gasteiger partial charge in [-0.1, -0.05) is 0 Å². The summed E-state index contributed by atoms with van der Waals surface area (Å²) in [6.45, 7) is 0.730. The van der Waals surface area contributed by atoms with Crippen molar-refractivity contribution in [3.05, 3.63) is 12.2 Å². The van der Waals surface area contributed by atoms with Gasteiger partial charge < -0.3 is 9.47 Å². The minimum absolute atomic E-state index is 0.157. The minimum atomic E-state index is -0.328. The van der Waals surface area contributed by atoms with Gasteiger partial charge in [-0.15, -0.1) is 0 Å². The zero-order valence-electron chi connectivity index (χ0n) is 5.16. The van der Waals surface area contributed by atoms with Crippen molar-refractivity contribution in [2.24, 2.45) is 0 Å². The molecule has 0 amide bonds. The van der Waals surface area contributed by atoms with E-state index in [1.807, 2.05) is 0 Å². The van der Waals surface area contributed by atoms with Gasteiger partial charge in [0.15, 0.2) is 0 Å². The summed E-state index contributed by atoms with van der Waals surface area (Å²) >= 11 is 0. The molecule has 50 valence electrons. The second kappa shape index (κ2) is 2.64. The molecule has 0 aromatic carbocycles. The van der Waals surface area contributed by atoms with E-state index in [9.17, 15) is 4.79 Å². The van der Waals surface area contributed by atoms with Crippen molar-refractivity contribution in [2.45, 2.75) is 6.10 Å². The molecule has 0 aromatic heterocycles. The minimum Gasteiger partial charge on any atom is -0.466 e. The number of carbonyl (C=O) groups is 1. The second-order valence-corrected chi connectivity index (χ2v) is 1.75. The number of ether oxygens (including phenoxy) is 2. The van der Waals surface area contributed by atoms with E-state index in [-0.39, 0.29) is 12.1 Å². The Morgan fingerprint density at radius 1 is 1.89 bits per heavy atom. The predicted molar refractivity (Wildman–Crippen MR) is 30.9 cm³/mol. The third-order valence-corrected chi connectivity index (χ3v) is 1.01. The van der Waals surface area contributed by atoms with Gasteiger partial charge in [0, 0.05) is 6.08 Å². The molecule has 3 nitrogen and oxygen atoms in total. The van der Waals surface area contributed by atoms with Crippen LogP contribution in [0.1, 0.15) is 0 Å². The lowest BCUT2D eigenvalue weighted by Gasteiger charge is -1.86. The fourth-order valence-corrected chi connectivity index (χ4v) is 0.421. The molecule has 9 heavy (non-hydrogen) atoms. The summed E-state index contributed by atoms with van der Waals surface area (Å²) in [5.74, 6) is -0.328. The number of epoxide rings is 1. The van der Waals surface area contributed by atoms with Crippen LogP contribution in [0.5, 0.6) is 0 Å². The predicted octanol–water partition coefficient (Wildman–Crippen LogP) is 0.114. The average Bonchev–Trinajstić information content (AvgIpc) is 2.65. The van der Waals surface area contributed by atoms with E-state index in [4.69, 9.17) is 4.74 Å². The number of hydrogen-bond donors (Lipinski definition) is 0. The molecule has 1 heterocycles. The molecular weight excluding hydrogens is 120 g/mol. The van der Waals surface area contributed by atoms with Crippen LogP contribution in [0, 0.1) is 0 Å². The molecule has 0 saturated carbocycles. The van der Waals surface area contributed by atoms with Crippen LogP contribution in [-0.4, -0.2) is 25.8 Å². The Bertz CT molecular complexity index is 135. The van der Waals surface area contributed by atoms with Gasteiger partial charge in [-0.25, -0.2) is 4.79 Å². The number of methoxy groups -OCH3 is 1. The quantitative estimate of drug-likeness (QED) is 0.301. The fraction of sp³-hybridized carbons (Fsp3) is 0.500. The van der Waals surface area contributed by atoms with Crippen LogP contribution in [0.3, 0.4) is 0 Å². The molecule has 0 bridgehead atoms. The number of carbonyl (C=O) groups excluding carboxylic acids is 1. The molecule has 0 unspecified atom stereocenters. The molecule has 0 aromatic rings. The van der Waals surface area contributed by atoms with Crippen molar-refractivity contribution in [3.63, 3.8) is 0 Å². The fourth-order valence-electron chi connectivity index (χ4n) is 0.421. The zero-order valence-corrected chi connectivity index (χ0v) is 5.16. The monoisotopic (exact) mass is 128 g/mol. The standard InChI is InChI=1S/C6H8O3/c1-8-6(7)3-2-5-4-9-5/h2-3,5H,4H2,1H3/b3-2+/t5-/m0/s1. The van der Waals surface area contributed by atoms with E-state index >= 15 is 0 Å². The summed E-state index contributed by atoms with van der Waals surface area (Å²) in [5.41, 5.74) is 0.